The van der Waals surface area contributed by atoms with Crippen molar-refractivity contribution in [3.63, 3.8) is 0 Å². The molecule has 0 radical (unpaired) electrons. The monoisotopic (exact) mass is 341 g/mol. The summed E-state index contributed by atoms with van der Waals surface area (Å²) in [6.45, 7) is 10.4. The number of fused-ring (bicyclic) bond motifs is 1. The highest BCUT2D eigenvalue weighted by Crippen LogP contribution is 2.31. The number of hydrogen-bond donors (Lipinski definition) is 0. The number of amides is 1. The lowest BCUT2D eigenvalue weighted by molar-refractivity contribution is 0.0781. The summed E-state index contributed by atoms with van der Waals surface area (Å²) in [5.74, 6) is 1.88. The Morgan fingerprint density at radius 2 is 1.96 bits per heavy atom. The summed E-state index contributed by atoms with van der Waals surface area (Å²) >= 11 is 0. The molecule has 0 unspecified atom stereocenters. The van der Waals surface area contributed by atoms with Gasteiger partial charge in [0, 0.05) is 19.2 Å². The van der Waals surface area contributed by atoms with Gasteiger partial charge in [0.15, 0.2) is 0 Å². The first-order valence-corrected chi connectivity index (χ1v) is 8.37. The van der Waals surface area contributed by atoms with Gasteiger partial charge in [0.1, 0.15) is 11.5 Å². The van der Waals surface area contributed by atoms with Crippen molar-refractivity contribution >= 4 is 17.0 Å². The number of carbonyl (C=O) groups is 1. The minimum Gasteiger partial charge on any atom is -0.466 e. The Morgan fingerprint density at radius 3 is 2.56 bits per heavy atom. The maximum absolute atomic E-state index is 13.0. The molecule has 0 N–H and O–H groups in total. The zero-order valence-corrected chi connectivity index (χ0v) is 15.5. The largest absolute Gasteiger partial charge is 0.466 e. The van der Waals surface area contributed by atoms with Crippen LogP contribution in [0.5, 0.6) is 0 Å². The van der Waals surface area contributed by atoms with Crippen molar-refractivity contribution < 1.29 is 13.7 Å². The molecule has 3 aromatic rings. The Bertz CT molecular complexity index is 937. The van der Waals surface area contributed by atoms with Crippen LogP contribution in [0.25, 0.3) is 22.4 Å². The average molecular weight is 341 g/mol. The van der Waals surface area contributed by atoms with Crippen molar-refractivity contribution in [2.24, 2.45) is 5.92 Å². The van der Waals surface area contributed by atoms with Crippen LogP contribution in [0, 0.1) is 26.7 Å². The zero-order valence-electron chi connectivity index (χ0n) is 15.5. The third kappa shape index (κ3) is 3.16. The molecule has 0 aromatic carbocycles. The van der Waals surface area contributed by atoms with Gasteiger partial charge in [0.2, 0.25) is 0 Å². The second kappa shape index (κ2) is 6.35. The van der Waals surface area contributed by atoms with Crippen LogP contribution >= 0.6 is 0 Å². The molecule has 3 aromatic heterocycles. The number of nitrogens with zero attached hydrogens (tertiary/aromatic N) is 3. The van der Waals surface area contributed by atoms with E-state index in [-0.39, 0.29) is 5.91 Å². The highest BCUT2D eigenvalue weighted by atomic mass is 16.5. The van der Waals surface area contributed by atoms with E-state index in [9.17, 15) is 4.79 Å². The van der Waals surface area contributed by atoms with Crippen molar-refractivity contribution in [1.82, 2.24) is 15.0 Å². The minimum absolute atomic E-state index is 0.0634. The maximum atomic E-state index is 13.0. The van der Waals surface area contributed by atoms with E-state index in [0.29, 0.717) is 40.5 Å². The van der Waals surface area contributed by atoms with E-state index in [2.05, 4.69) is 24.0 Å². The van der Waals surface area contributed by atoms with Gasteiger partial charge >= 0.3 is 0 Å². The Labute approximate surface area is 146 Å². The topological polar surface area (TPSA) is 72.4 Å². The van der Waals surface area contributed by atoms with Gasteiger partial charge in [0.25, 0.3) is 11.6 Å². The van der Waals surface area contributed by atoms with Gasteiger partial charge in [-0.25, -0.2) is 4.98 Å². The van der Waals surface area contributed by atoms with Crippen LogP contribution in [0.2, 0.25) is 0 Å². The van der Waals surface area contributed by atoms with E-state index in [4.69, 9.17) is 8.94 Å². The molecule has 3 heterocycles. The summed E-state index contributed by atoms with van der Waals surface area (Å²) < 4.78 is 11.0. The van der Waals surface area contributed by atoms with E-state index in [1.54, 1.807) is 4.90 Å². The van der Waals surface area contributed by atoms with Crippen molar-refractivity contribution in [1.29, 1.82) is 0 Å². The molecule has 0 aliphatic rings. The van der Waals surface area contributed by atoms with Gasteiger partial charge in [-0.2, -0.15) is 0 Å². The maximum Gasteiger partial charge on any atom is 0.259 e. The molecule has 6 heteroatoms. The summed E-state index contributed by atoms with van der Waals surface area (Å²) in [7, 11) is 1.81. The lowest BCUT2D eigenvalue weighted by Crippen LogP contribution is -2.30. The number of rotatable bonds is 4. The lowest BCUT2D eigenvalue weighted by Gasteiger charge is -2.20. The molecule has 0 aliphatic carbocycles. The summed E-state index contributed by atoms with van der Waals surface area (Å²) in [4.78, 5) is 19.3. The zero-order chi connectivity index (χ0) is 18.3. The smallest absolute Gasteiger partial charge is 0.259 e. The van der Waals surface area contributed by atoms with Crippen LogP contribution in [0.1, 0.15) is 41.4 Å². The average Bonchev–Trinajstić information content (AvgIpc) is 3.07. The van der Waals surface area contributed by atoms with Crippen molar-refractivity contribution in [3.05, 3.63) is 34.9 Å². The third-order valence-corrected chi connectivity index (χ3v) is 4.15. The van der Waals surface area contributed by atoms with Crippen LogP contribution in [-0.2, 0) is 0 Å². The first kappa shape index (κ1) is 17.2. The van der Waals surface area contributed by atoms with Crippen LogP contribution in [0.15, 0.2) is 21.1 Å². The number of furan rings is 1. The summed E-state index contributed by atoms with van der Waals surface area (Å²) in [5, 5.41) is 4.66. The van der Waals surface area contributed by atoms with Gasteiger partial charge < -0.3 is 13.8 Å². The molecule has 0 aliphatic heterocycles. The summed E-state index contributed by atoms with van der Waals surface area (Å²) in [5.41, 5.74) is 3.10. The van der Waals surface area contributed by atoms with Crippen LogP contribution in [0.4, 0.5) is 0 Å². The van der Waals surface area contributed by atoms with Crippen LogP contribution in [0.3, 0.4) is 0 Å². The fourth-order valence-corrected chi connectivity index (χ4v) is 3.12. The molecule has 0 saturated carbocycles. The van der Waals surface area contributed by atoms with Gasteiger partial charge in [0.05, 0.1) is 22.3 Å². The van der Waals surface area contributed by atoms with Crippen LogP contribution in [-0.4, -0.2) is 34.5 Å². The van der Waals surface area contributed by atoms with E-state index in [0.717, 1.165) is 17.1 Å². The van der Waals surface area contributed by atoms with Gasteiger partial charge in [-0.15, -0.1) is 0 Å². The first-order chi connectivity index (χ1) is 11.8. The summed E-state index contributed by atoms with van der Waals surface area (Å²) in [6, 6.07) is 3.72. The van der Waals surface area contributed by atoms with Crippen molar-refractivity contribution in [2.45, 2.75) is 34.6 Å². The van der Waals surface area contributed by atoms with E-state index in [1.807, 2.05) is 40.0 Å². The van der Waals surface area contributed by atoms with E-state index >= 15 is 0 Å². The van der Waals surface area contributed by atoms with E-state index < -0.39 is 0 Å². The molecular formula is C19H23N3O3. The Morgan fingerprint density at radius 1 is 1.24 bits per heavy atom. The molecule has 0 atom stereocenters. The molecule has 1 amide bonds. The standard InChI is InChI=1S/C19H23N3O3/c1-10(2)9-22(6)19(23)15-8-16(14-7-11(3)24-13(14)5)20-18-17(15)12(4)21-25-18/h7-8,10H,9H2,1-6H3. The molecule has 3 rings (SSSR count). The minimum atomic E-state index is -0.0634. The fraction of sp³-hybridized carbons (Fsp3) is 0.421. The Kier molecular flexibility index (Phi) is 4.37. The molecular weight excluding hydrogens is 318 g/mol. The number of carbonyl (C=O) groups excluding carboxylic acids is 1. The van der Waals surface area contributed by atoms with Crippen LogP contribution < -0.4 is 0 Å². The molecule has 0 spiro atoms. The highest BCUT2D eigenvalue weighted by Gasteiger charge is 2.23. The molecule has 25 heavy (non-hydrogen) atoms. The Hall–Kier alpha value is -2.63. The summed E-state index contributed by atoms with van der Waals surface area (Å²) in [6.07, 6.45) is 0. The fourth-order valence-electron chi connectivity index (χ4n) is 3.12. The Balaban J connectivity index is 2.17. The number of aromatic nitrogens is 2. The molecule has 132 valence electrons. The molecule has 0 saturated heterocycles. The first-order valence-electron chi connectivity index (χ1n) is 8.37. The van der Waals surface area contributed by atoms with Crippen molar-refractivity contribution in [3.8, 4) is 11.3 Å². The number of hydrogen-bond acceptors (Lipinski definition) is 5. The molecule has 6 nitrogen and oxygen atoms in total. The number of pyridine rings is 1. The SMILES string of the molecule is Cc1cc(-c2cc(C(=O)N(C)CC(C)C)c3c(C)noc3n2)c(C)o1. The lowest BCUT2D eigenvalue weighted by atomic mass is 10.0. The van der Waals surface area contributed by atoms with Gasteiger partial charge in [-0.1, -0.05) is 19.0 Å². The van der Waals surface area contributed by atoms with Gasteiger partial charge in [-0.05, 0) is 38.8 Å². The third-order valence-electron chi connectivity index (χ3n) is 4.15. The second-order valence-electron chi connectivity index (χ2n) is 6.91. The highest BCUT2D eigenvalue weighted by molar-refractivity contribution is 6.06. The predicted molar refractivity (Wildman–Crippen MR) is 95.5 cm³/mol. The quantitative estimate of drug-likeness (QED) is 0.713. The second-order valence-corrected chi connectivity index (χ2v) is 6.91. The normalized spacial score (nSPS) is 11.5. The number of aryl methyl sites for hydroxylation is 3. The predicted octanol–water partition coefficient (Wildman–Crippen LogP) is 4.14. The molecule has 0 fully saturated rings. The van der Waals surface area contributed by atoms with Crippen molar-refractivity contribution in [2.75, 3.05) is 13.6 Å². The van der Waals surface area contributed by atoms with E-state index in [1.165, 1.54) is 0 Å². The van der Waals surface area contributed by atoms with Gasteiger partial charge in [-0.3, -0.25) is 4.79 Å². The molecule has 0 bridgehead atoms.